The van der Waals surface area contributed by atoms with E-state index >= 15 is 0 Å². The van der Waals surface area contributed by atoms with Gasteiger partial charge < -0.3 is 10.1 Å². The molecule has 1 aliphatic rings. The molecule has 1 N–H and O–H groups in total. The lowest BCUT2D eigenvalue weighted by Gasteiger charge is -2.41. The third-order valence-corrected chi connectivity index (χ3v) is 3.98. The summed E-state index contributed by atoms with van der Waals surface area (Å²) >= 11 is 0. The largest absolute Gasteiger partial charge is 0.468 e. The summed E-state index contributed by atoms with van der Waals surface area (Å²) in [7, 11) is 1.42. The third-order valence-electron chi connectivity index (χ3n) is 3.98. The van der Waals surface area contributed by atoms with Crippen LogP contribution in [0.15, 0.2) is 5.11 Å². The van der Waals surface area contributed by atoms with E-state index in [0.29, 0.717) is 24.9 Å². The molecular weight excluding hydrogens is 232 g/mol. The van der Waals surface area contributed by atoms with Gasteiger partial charge in [0, 0.05) is 18.0 Å². The molecule has 1 fully saturated rings. The monoisotopic (exact) mass is 254 g/mol. The molecule has 0 bridgehead atoms. The van der Waals surface area contributed by atoms with Gasteiger partial charge in [0.2, 0.25) is 0 Å². The average Bonchev–Trinajstić information content (AvgIpc) is 2.38. The second-order valence-corrected chi connectivity index (χ2v) is 5.15. The van der Waals surface area contributed by atoms with Crippen LogP contribution in [0.3, 0.4) is 0 Å². The van der Waals surface area contributed by atoms with Gasteiger partial charge in [-0.15, -0.1) is 0 Å². The van der Waals surface area contributed by atoms with Crippen LogP contribution in [-0.2, 0) is 9.53 Å². The van der Waals surface area contributed by atoms with Crippen molar-refractivity contribution in [2.24, 2.45) is 17.0 Å². The number of nitrogens with zero attached hydrogens (tertiary/aromatic N) is 3. The van der Waals surface area contributed by atoms with Gasteiger partial charge in [-0.2, -0.15) is 0 Å². The minimum Gasteiger partial charge on any atom is -0.468 e. The molecule has 1 rings (SSSR count). The summed E-state index contributed by atoms with van der Waals surface area (Å²) in [5.74, 6) is 0.897. The van der Waals surface area contributed by atoms with E-state index in [4.69, 9.17) is 10.3 Å². The highest BCUT2D eigenvalue weighted by molar-refractivity contribution is 5.81. The van der Waals surface area contributed by atoms with Gasteiger partial charge in [-0.1, -0.05) is 19.0 Å². The first-order valence-electron chi connectivity index (χ1n) is 6.40. The summed E-state index contributed by atoms with van der Waals surface area (Å²) in [6, 6.07) is 0. The van der Waals surface area contributed by atoms with Crippen LogP contribution in [0.25, 0.3) is 10.4 Å². The van der Waals surface area contributed by atoms with Crippen molar-refractivity contribution in [3.8, 4) is 0 Å². The zero-order valence-electron chi connectivity index (χ0n) is 11.3. The van der Waals surface area contributed by atoms with Gasteiger partial charge in [-0.3, -0.25) is 4.79 Å². The number of ether oxygens (including phenoxy) is 1. The Morgan fingerprint density at radius 1 is 1.56 bits per heavy atom. The minimum atomic E-state index is -0.606. The van der Waals surface area contributed by atoms with Crippen LogP contribution in [0.4, 0.5) is 0 Å². The Kier molecular flexibility index (Phi) is 5.44. The fraction of sp³-hybridized carbons (Fsp3) is 0.917. The number of rotatable bonds is 5. The van der Waals surface area contributed by atoms with Crippen LogP contribution in [0, 0.1) is 11.8 Å². The standard InChI is InChI=1S/C12H22N4O2/c1-9-4-5-12(8-10(9)2,11(17)18-3)14-6-7-15-16-13/h9-10,14H,4-8H2,1-3H3. The maximum atomic E-state index is 12.0. The smallest absolute Gasteiger partial charge is 0.326 e. The van der Waals surface area contributed by atoms with E-state index in [1.165, 1.54) is 7.11 Å². The van der Waals surface area contributed by atoms with Gasteiger partial charge in [0.25, 0.3) is 0 Å². The molecule has 0 saturated heterocycles. The molecule has 6 nitrogen and oxygen atoms in total. The third kappa shape index (κ3) is 3.37. The van der Waals surface area contributed by atoms with E-state index in [1.807, 2.05) is 0 Å². The molecule has 3 atom stereocenters. The molecule has 0 aliphatic heterocycles. The van der Waals surface area contributed by atoms with Gasteiger partial charge in [0.15, 0.2) is 0 Å². The summed E-state index contributed by atoms with van der Waals surface area (Å²) in [4.78, 5) is 14.7. The van der Waals surface area contributed by atoms with E-state index in [1.54, 1.807) is 0 Å². The SMILES string of the molecule is COC(=O)C1(NCCN=[N+]=[N-])CCC(C)C(C)C1. The quantitative estimate of drug-likeness (QED) is 0.268. The first kappa shape index (κ1) is 14.8. The maximum Gasteiger partial charge on any atom is 0.326 e. The van der Waals surface area contributed by atoms with Crippen molar-refractivity contribution in [3.63, 3.8) is 0 Å². The molecule has 1 aliphatic carbocycles. The van der Waals surface area contributed by atoms with E-state index in [9.17, 15) is 4.79 Å². The molecule has 0 spiro atoms. The first-order chi connectivity index (χ1) is 8.55. The molecule has 0 aromatic heterocycles. The van der Waals surface area contributed by atoms with Gasteiger partial charge in [-0.25, -0.2) is 0 Å². The van der Waals surface area contributed by atoms with Crippen LogP contribution in [0.2, 0.25) is 0 Å². The van der Waals surface area contributed by atoms with Gasteiger partial charge >= 0.3 is 5.97 Å². The van der Waals surface area contributed by atoms with Crippen LogP contribution >= 0.6 is 0 Å². The van der Waals surface area contributed by atoms with Crippen LogP contribution in [0.1, 0.15) is 33.1 Å². The zero-order chi connectivity index (χ0) is 13.6. The molecular formula is C12H22N4O2. The molecule has 102 valence electrons. The lowest BCUT2D eigenvalue weighted by Crippen LogP contribution is -2.56. The number of nitrogens with one attached hydrogen (secondary N) is 1. The van der Waals surface area contributed by atoms with Crippen molar-refractivity contribution in [2.75, 3.05) is 20.2 Å². The summed E-state index contributed by atoms with van der Waals surface area (Å²) in [5, 5.41) is 6.70. The highest BCUT2D eigenvalue weighted by Gasteiger charge is 2.44. The fourth-order valence-electron chi connectivity index (χ4n) is 2.61. The lowest BCUT2D eigenvalue weighted by atomic mass is 9.71. The van der Waals surface area contributed by atoms with Crippen molar-refractivity contribution >= 4 is 5.97 Å². The second-order valence-electron chi connectivity index (χ2n) is 5.15. The molecule has 0 heterocycles. The Hall–Kier alpha value is -1.26. The van der Waals surface area contributed by atoms with Crippen molar-refractivity contribution in [3.05, 3.63) is 10.4 Å². The van der Waals surface area contributed by atoms with E-state index in [0.717, 1.165) is 19.3 Å². The Bertz CT molecular complexity index is 341. The molecule has 6 heteroatoms. The van der Waals surface area contributed by atoms with Gasteiger partial charge in [-0.05, 0) is 36.6 Å². The lowest BCUT2D eigenvalue weighted by molar-refractivity contribution is -0.151. The molecule has 1 saturated carbocycles. The number of esters is 1. The highest BCUT2D eigenvalue weighted by Crippen LogP contribution is 2.36. The Morgan fingerprint density at radius 2 is 2.28 bits per heavy atom. The van der Waals surface area contributed by atoms with E-state index < -0.39 is 5.54 Å². The molecule has 0 aromatic carbocycles. The normalized spacial score (nSPS) is 31.5. The minimum absolute atomic E-state index is 0.206. The fourth-order valence-corrected chi connectivity index (χ4v) is 2.61. The number of methoxy groups -OCH3 is 1. The predicted octanol–water partition coefficient (Wildman–Crippen LogP) is 2.25. The molecule has 0 radical (unpaired) electrons. The van der Waals surface area contributed by atoms with Crippen molar-refractivity contribution in [2.45, 2.75) is 38.6 Å². The van der Waals surface area contributed by atoms with Crippen molar-refractivity contribution in [1.29, 1.82) is 0 Å². The van der Waals surface area contributed by atoms with Crippen molar-refractivity contribution in [1.82, 2.24) is 5.32 Å². The van der Waals surface area contributed by atoms with Crippen LogP contribution < -0.4 is 5.32 Å². The van der Waals surface area contributed by atoms with E-state index in [-0.39, 0.29) is 5.97 Å². The highest BCUT2D eigenvalue weighted by atomic mass is 16.5. The first-order valence-corrected chi connectivity index (χ1v) is 6.40. The molecule has 18 heavy (non-hydrogen) atoms. The van der Waals surface area contributed by atoms with Crippen LogP contribution in [0.5, 0.6) is 0 Å². The number of hydrogen-bond acceptors (Lipinski definition) is 4. The maximum absolute atomic E-state index is 12.0. The molecule has 0 aromatic rings. The van der Waals surface area contributed by atoms with Gasteiger partial charge in [0.05, 0.1) is 7.11 Å². The summed E-state index contributed by atoms with van der Waals surface area (Å²) in [6.07, 6.45) is 2.56. The number of azide groups is 1. The molecule has 3 unspecified atom stereocenters. The van der Waals surface area contributed by atoms with Crippen LogP contribution in [-0.4, -0.2) is 31.7 Å². The molecule has 0 amide bonds. The Labute approximate surface area is 108 Å². The number of hydrogen-bond donors (Lipinski definition) is 1. The number of carbonyl (C=O) groups is 1. The van der Waals surface area contributed by atoms with E-state index in [2.05, 4.69) is 29.2 Å². The summed E-state index contributed by atoms with van der Waals surface area (Å²) in [6.45, 7) is 5.22. The zero-order valence-corrected chi connectivity index (χ0v) is 11.3. The Morgan fingerprint density at radius 3 is 2.83 bits per heavy atom. The Balaban J connectivity index is 2.70. The number of carbonyl (C=O) groups excluding carboxylic acids is 1. The average molecular weight is 254 g/mol. The van der Waals surface area contributed by atoms with Gasteiger partial charge in [0.1, 0.15) is 5.54 Å². The second kappa shape index (κ2) is 6.61. The summed E-state index contributed by atoms with van der Waals surface area (Å²) in [5.41, 5.74) is 7.63. The summed E-state index contributed by atoms with van der Waals surface area (Å²) < 4.78 is 4.93. The predicted molar refractivity (Wildman–Crippen MR) is 68.9 cm³/mol. The topological polar surface area (TPSA) is 87.1 Å². The van der Waals surface area contributed by atoms with Crippen molar-refractivity contribution < 1.29 is 9.53 Å².